The molecule has 0 saturated carbocycles. The van der Waals surface area contributed by atoms with Crippen molar-refractivity contribution < 1.29 is 9.90 Å². The number of aliphatic hydroxyl groups excluding tert-OH is 1. The van der Waals surface area contributed by atoms with Crippen molar-refractivity contribution >= 4 is 30.1 Å². The van der Waals surface area contributed by atoms with Crippen LogP contribution >= 0.6 is 24.2 Å². The molecule has 18 heavy (non-hydrogen) atoms. The first-order valence-corrected chi connectivity index (χ1v) is 6.85. The molecule has 5 heteroatoms. The maximum absolute atomic E-state index is 11.9. The Morgan fingerprint density at radius 1 is 1.44 bits per heavy atom. The van der Waals surface area contributed by atoms with Crippen molar-refractivity contribution in [3.05, 3.63) is 34.9 Å². The first kappa shape index (κ1) is 13.7. The highest BCUT2D eigenvalue weighted by molar-refractivity contribution is 7.81. The number of thiol groups is 1. The molecule has 3 nitrogen and oxygen atoms in total. The zero-order valence-corrected chi connectivity index (χ0v) is 11.6. The molecular formula is C13H16ClNO2S. The number of hydrogen-bond donors (Lipinski definition) is 2. The van der Waals surface area contributed by atoms with Crippen LogP contribution in [0.2, 0.25) is 5.02 Å². The number of benzene rings is 1. The van der Waals surface area contributed by atoms with E-state index in [1.54, 1.807) is 17.0 Å². The maximum atomic E-state index is 11.9. The molecule has 1 N–H and O–H groups in total. The fourth-order valence-electron chi connectivity index (χ4n) is 2.32. The van der Waals surface area contributed by atoms with E-state index in [1.807, 2.05) is 12.1 Å². The molecule has 1 fully saturated rings. The Bertz CT molecular complexity index is 424. The van der Waals surface area contributed by atoms with E-state index < -0.39 is 0 Å². The highest BCUT2D eigenvalue weighted by Gasteiger charge is 2.33. The zero-order chi connectivity index (χ0) is 13.1. The van der Waals surface area contributed by atoms with E-state index >= 15 is 0 Å². The van der Waals surface area contributed by atoms with Crippen molar-refractivity contribution in [2.24, 2.45) is 0 Å². The molecule has 1 saturated heterocycles. The topological polar surface area (TPSA) is 40.5 Å². The Morgan fingerprint density at radius 2 is 2.11 bits per heavy atom. The molecule has 1 aliphatic heterocycles. The lowest BCUT2D eigenvalue weighted by Gasteiger charge is -2.28. The van der Waals surface area contributed by atoms with Gasteiger partial charge in [0.05, 0.1) is 6.04 Å². The summed E-state index contributed by atoms with van der Waals surface area (Å²) in [5, 5.41) is 9.94. The number of nitrogens with zero attached hydrogens (tertiary/aromatic N) is 1. The monoisotopic (exact) mass is 285 g/mol. The number of amides is 1. The lowest BCUT2D eigenvalue weighted by molar-refractivity contribution is -0.130. The minimum absolute atomic E-state index is 0.0499. The summed E-state index contributed by atoms with van der Waals surface area (Å²) in [7, 11) is 0. The first-order valence-electron chi connectivity index (χ1n) is 5.95. The van der Waals surface area contributed by atoms with Gasteiger partial charge in [-0.1, -0.05) is 23.7 Å². The summed E-state index contributed by atoms with van der Waals surface area (Å²) in [5.41, 5.74) is 1.00. The number of hydrogen-bond acceptors (Lipinski definition) is 3. The van der Waals surface area contributed by atoms with Crippen molar-refractivity contribution in [2.45, 2.75) is 24.1 Å². The third-order valence-corrected chi connectivity index (χ3v) is 3.77. The Morgan fingerprint density at radius 3 is 2.61 bits per heavy atom. The summed E-state index contributed by atoms with van der Waals surface area (Å²) in [5.74, 6) is 0.100. The summed E-state index contributed by atoms with van der Waals surface area (Å²) < 4.78 is 0. The Kier molecular flexibility index (Phi) is 4.54. The van der Waals surface area contributed by atoms with Crippen LogP contribution in [0.5, 0.6) is 0 Å². The van der Waals surface area contributed by atoms with E-state index in [4.69, 9.17) is 11.6 Å². The summed E-state index contributed by atoms with van der Waals surface area (Å²) in [6.07, 6.45) is 1.01. The predicted octanol–water partition coefficient (Wildman–Crippen LogP) is 2.29. The number of aliphatic hydroxyl groups is 1. The molecule has 0 bridgehead atoms. The normalized spacial score (nSPS) is 21.4. The van der Waals surface area contributed by atoms with Gasteiger partial charge >= 0.3 is 0 Å². The Labute approximate surface area is 117 Å². The summed E-state index contributed by atoms with van der Waals surface area (Å²) in [6, 6.07) is 7.33. The lowest BCUT2D eigenvalue weighted by Crippen LogP contribution is -2.31. The standard InChI is InChI=1S/C13H16ClNO2S/c14-10-3-1-9(2-4-10)12(5-6-16)15-8-11(18)7-13(15)17/h1-4,11-12,16,18H,5-8H2. The maximum Gasteiger partial charge on any atom is 0.224 e. The molecule has 1 aliphatic rings. The van der Waals surface area contributed by atoms with Gasteiger partial charge in [0, 0.05) is 29.8 Å². The number of halogens is 1. The molecule has 1 aromatic rings. The van der Waals surface area contributed by atoms with Crippen LogP contribution in [0, 0.1) is 0 Å². The largest absolute Gasteiger partial charge is 0.396 e. The van der Waals surface area contributed by atoms with Gasteiger partial charge in [-0.25, -0.2) is 0 Å². The van der Waals surface area contributed by atoms with Gasteiger partial charge in [0.1, 0.15) is 0 Å². The van der Waals surface area contributed by atoms with Crippen molar-refractivity contribution in [3.8, 4) is 0 Å². The van der Waals surface area contributed by atoms with E-state index in [1.165, 1.54) is 0 Å². The third-order valence-electron chi connectivity index (χ3n) is 3.17. The molecular weight excluding hydrogens is 270 g/mol. The van der Waals surface area contributed by atoms with Crippen molar-refractivity contribution in [3.63, 3.8) is 0 Å². The highest BCUT2D eigenvalue weighted by Crippen LogP contribution is 2.30. The number of rotatable bonds is 4. The fourth-order valence-corrected chi connectivity index (χ4v) is 2.78. The summed E-state index contributed by atoms with van der Waals surface area (Å²) >= 11 is 10.2. The molecule has 1 amide bonds. The van der Waals surface area contributed by atoms with Gasteiger partial charge in [0.25, 0.3) is 0 Å². The molecule has 1 aromatic carbocycles. The van der Waals surface area contributed by atoms with Crippen LogP contribution in [-0.2, 0) is 4.79 Å². The molecule has 2 atom stereocenters. The minimum Gasteiger partial charge on any atom is -0.396 e. The van der Waals surface area contributed by atoms with Crippen LogP contribution in [0.4, 0.5) is 0 Å². The summed E-state index contributed by atoms with van der Waals surface area (Å²) in [4.78, 5) is 13.7. The Hall–Kier alpha value is -0.710. The molecule has 1 heterocycles. The molecule has 2 rings (SSSR count). The average Bonchev–Trinajstić information content (AvgIpc) is 2.67. The van der Waals surface area contributed by atoms with Gasteiger partial charge in [-0.15, -0.1) is 0 Å². The van der Waals surface area contributed by atoms with Gasteiger partial charge < -0.3 is 10.0 Å². The van der Waals surface area contributed by atoms with Crippen molar-refractivity contribution in [1.29, 1.82) is 0 Å². The fraction of sp³-hybridized carbons (Fsp3) is 0.462. The smallest absolute Gasteiger partial charge is 0.224 e. The van der Waals surface area contributed by atoms with Gasteiger partial charge in [-0.2, -0.15) is 12.6 Å². The van der Waals surface area contributed by atoms with Crippen molar-refractivity contribution in [1.82, 2.24) is 4.90 Å². The number of carbonyl (C=O) groups is 1. The molecule has 98 valence electrons. The van der Waals surface area contributed by atoms with Crippen LogP contribution in [0.15, 0.2) is 24.3 Å². The van der Waals surface area contributed by atoms with Crippen LogP contribution in [0.1, 0.15) is 24.4 Å². The minimum atomic E-state index is -0.0862. The molecule has 0 spiro atoms. The second kappa shape index (κ2) is 5.95. The molecule has 0 aromatic heterocycles. The number of carbonyl (C=O) groups excluding carboxylic acids is 1. The first-order chi connectivity index (χ1) is 8.61. The lowest BCUT2D eigenvalue weighted by atomic mass is 10.0. The van der Waals surface area contributed by atoms with E-state index in [0.717, 1.165) is 5.56 Å². The second-order valence-electron chi connectivity index (χ2n) is 4.48. The quantitative estimate of drug-likeness (QED) is 0.834. The van der Waals surface area contributed by atoms with Crippen LogP contribution in [0.3, 0.4) is 0 Å². The van der Waals surface area contributed by atoms with Gasteiger partial charge in [-0.3, -0.25) is 4.79 Å². The molecule has 0 aliphatic carbocycles. The van der Waals surface area contributed by atoms with Crippen molar-refractivity contribution in [2.75, 3.05) is 13.2 Å². The van der Waals surface area contributed by atoms with Gasteiger partial charge in [0.15, 0.2) is 0 Å². The summed E-state index contributed by atoms with van der Waals surface area (Å²) in [6.45, 7) is 0.684. The molecule has 2 unspecified atom stereocenters. The van der Waals surface area contributed by atoms with E-state index in [0.29, 0.717) is 24.4 Å². The second-order valence-corrected chi connectivity index (χ2v) is 5.65. The molecule has 0 radical (unpaired) electrons. The van der Waals surface area contributed by atoms with Gasteiger partial charge in [0.2, 0.25) is 5.91 Å². The van der Waals surface area contributed by atoms with E-state index in [9.17, 15) is 9.90 Å². The highest BCUT2D eigenvalue weighted by atomic mass is 35.5. The predicted molar refractivity (Wildman–Crippen MR) is 75.0 cm³/mol. The van der Waals surface area contributed by atoms with Crippen LogP contribution < -0.4 is 0 Å². The average molecular weight is 286 g/mol. The Balaban J connectivity index is 2.22. The van der Waals surface area contributed by atoms with E-state index in [-0.39, 0.29) is 23.8 Å². The SMILES string of the molecule is O=C1CC(S)CN1C(CCO)c1ccc(Cl)cc1. The third kappa shape index (κ3) is 2.99. The van der Waals surface area contributed by atoms with Crippen LogP contribution in [-0.4, -0.2) is 34.3 Å². The van der Waals surface area contributed by atoms with Gasteiger partial charge in [-0.05, 0) is 24.1 Å². The van der Waals surface area contributed by atoms with Crippen LogP contribution in [0.25, 0.3) is 0 Å². The van der Waals surface area contributed by atoms with E-state index in [2.05, 4.69) is 12.6 Å². The zero-order valence-electron chi connectivity index (χ0n) is 9.92. The number of likely N-dealkylation sites (tertiary alicyclic amines) is 1.